The molecule has 0 spiro atoms. The molecule has 132 valence electrons. The quantitative estimate of drug-likeness (QED) is 0.569. The Morgan fingerprint density at radius 2 is 2.08 bits per heavy atom. The molecule has 0 atom stereocenters. The van der Waals surface area contributed by atoms with E-state index in [4.69, 9.17) is 9.47 Å². The van der Waals surface area contributed by atoms with Gasteiger partial charge in [0.05, 0.1) is 13.3 Å². The van der Waals surface area contributed by atoms with Gasteiger partial charge in [-0.25, -0.2) is 5.43 Å². The van der Waals surface area contributed by atoms with Crippen molar-refractivity contribution in [1.82, 2.24) is 5.43 Å². The van der Waals surface area contributed by atoms with Crippen LogP contribution in [0.1, 0.15) is 16.7 Å². The van der Waals surface area contributed by atoms with Crippen LogP contribution in [-0.4, -0.2) is 30.9 Å². The minimum Gasteiger partial charge on any atom is -0.504 e. The summed E-state index contributed by atoms with van der Waals surface area (Å²) in [5, 5.41) is 13.8. The highest BCUT2D eigenvalue weighted by Crippen LogP contribution is 2.32. The molecule has 25 heavy (non-hydrogen) atoms. The molecule has 0 aliphatic heterocycles. The van der Waals surface area contributed by atoms with Gasteiger partial charge in [-0.05, 0) is 43.2 Å². The number of amides is 1. The second-order valence-electron chi connectivity index (χ2n) is 5.33. The van der Waals surface area contributed by atoms with Crippen LogP contribution in [0, 0.1) is 13.8 Å². The Hall–Kier alpha value is -2.54. The van der Waals surface area contributed by atoms with E-state index in [0.29, 0.717) is 21.5 Å². The van der Waals surface area contributed by atoms with Crippen molar-refractivity contribution in [2.45, 2.75) is 13.8 Å². The number of halogens is 1. The Balaban J connectivity index is 1.95. The first kappa shape index (κ1) is 18.8. The molecule has 0 unspecified atom stereocenters. The first-order valence-electron chi connectivity index (χ1n) is 7.49. The zero-order valence-electron chi connectivity index (χ0n) is 14.2. The van der Waals surface area contributed by atoms with Crippen LogP contribution in [0.4, 0.5) is 0 Å². The number of hydrogen-bond donors (Lipinski definition) is 2. The summed E-state index contributed by atoms with van der Waals surface area (Å²) in [7, 11) is 1.45. The largest absolute Gasteiger partial charge is 0.504 e. The lowest BCUT2D eigenvalue weighted by atomic mass is 10.1. The second kappa shape index (κ2) is 8.53. The molecule has 0 bridgehead atoms. The number of benzene rings is 2. The third-order valence-electron chi connectivity index (χ3n) is 3.60. The molecule has 2 aromatic rings. The normalized spacial score (nSPS) is 10.7. The molecule has 0 fully saturated rings. The second-order valence-corrected chi connectivity index (χ2v) is 6.24. The first-order valence-corrected chi connectivity index (χ1v) is 8.29. The van der Waals surface area contributed by atoms with Crippen molar-refractivity contribution in [2.24, 2.45) is 5.10 Å². The minimum atomic E-state index is -0.404. The Labute approximate surface area is 154 Å². The van der Waals surface area contributed by atoms with E-state index in [2.05, 4.69) is 26.5 Å². The molecule has 2 N–H and O–H groups in total. The van der Waals surface area contributed by atoms with Gasteiger partial charge in [0.2, 0.25) is 0 Å². The summed E-state index contributed by atoms with van der Waals surface area (Å²) >= 11 is 3.31. The number of hydrazone groups is 1. The fourth-order valence-electron chi connectivity index (χ4n) is 2.08. The van der Waals surface area contributed by atoms with Crippen LogP contribution in [0.15, 0.2) is 39.9 Å². The molecule has 0 aliphatic carbocycles. The minimum absolute atomic E-state index is 0.0599. The van der Waals surface area contributed by atoms with E-state index in [9.17, 15) is 9.90 Å². The van der Waals surface area contributed by atoms with Gasteiger partial charge in [-0.2, -0.15) is 5.10 Å². The zero-order chi connectivity index (χ0) is 18.4. The van der Waals surface area contributed by atoms with E-state index in [-0.39, 0.29) is 12.4 Å². The van der Waals surface area contributed by atoms with Crippen molar-refractivity contribution in [2.75, 3.05) is 13.7 Å². The fourth-order valence-corrected chi connectivity index (χ4v) is 2.53. The number of nitrogens with one attached hydrogen (secondary N) is 1. The lowest BCUT2D eigenvalue weighted by molar-refractivity contribution is -0.123. The molecule has 0 saturated carbocycles. The van der Waals surface area contributed by atoms with E-state index in [1.165, 1.54) is 13.3 Å². The molecule has 0 aliphatic rings. The topological polar surface area (TPSA) is 80.2 Å². The SMILES string of the molecule is COc1cc(Br)cc(/C=N\NC(=O)COc2cccc(C)c2C)c1O. The summed E-state index contributed by atoms with van der Waals surface area (Å²) in [5.41, 5.74) is 4.85. The van der Waals surface area contributed by atoms with Crippen LogP contribution in [0.25, 0.3) is 0 Å². The summed E-state index contributed by atoms with van der Waals surface area (Å²) in [6, 6.07) is 8.94. The van der Waals surface area contributed by atoms with Crippen molar-refractivity contribution < 1.29 is 19.4 Å². The predicted octanol–water partition coefficient (Wildman–Crippen LogP) is 3.31. The number of hydrogen-bond acceptors (Lipinski definition) is 5. The van der Waals surface area contributed by atoms with Gasteiger partial charge in [-0.3, -0.25) is 4.79 Å². The molecule has 7 heteroatoms. The van der Waals surface area contributed by atoms with E-state index in [1.807, 2.05) is 32.0 Å². The van der Waals surface area contributed by atoms with E-state index >= 15 is 0 Å². The molecule has 0 aromatic heterocycles. The van der Waals surface area contributed by atoms with Gasteiger partial charge in [-0.15, -0.1) is 0 Å². The number of nitrogens with zero attached hydrogens (tertiary/aromatic N) is 1. The van der Waals surface area contributed by atoms with E-state index < -0.39 is 5.91 Å². The summed E-state index contributed by atoms with van der Waals surface area (Å²) in [6.45, 7) is 3.75. The molecular formula is C18H19BrN2O4. The van der Waals surface area contributed by atoms with E-state index in [0.717, 1.165) is 11.1 Å². The average molecular weight is 407 g/mol. The van der Waals surface area contributed by atoms with E-state index in [1.54, 1.807) is 12.1 Å². The summed E-state index contributed by atoms with van der Waals surface area (Å²) in [4.78, 5) is 11.8. The maximum absolute atomic E-state index is 11.8. The van der Waals surface area contributed by atoms with Crippen molar-refractivity contribution in [3.63, 3.8) is 0 Å². The highest BCUT2D eigenvalue weighted by Gasteiger charge is 2.09. The van der Waals surface area contributed by atoms with Crippen LogP contribution >= 0.6 is 15.9 Å². The predicted molar refractivity (Wildman–Crippen MR) is 99.5 cm³/mol. The smallest absolute Gasteiger partial charge is 0.277 e. The lowest BCUT2D eigenvalue weighted by Gasteiger charge is -2.10. The number of phenolic OH excluding ortho intramolecular Hbond substituents is 1. The van der Waals surface area contributed by atoms with Crippen molar-refractivity contribution in [1.29, 1.82) is 0 Å². The number of aryl methyl sites for hydroxylation is 1. The van der Waals surface area contributed by atoms with Gasteiger partial charge in [-0.1, -0.05) is 28.1 Å². The Morgan fingerprint density at radius 1 is 1.32 bits per heavy atom. The number of carbonyl (C=O) groups is 1. The van der Waals surface area contributed by atoms with Crippen LogP contribution < -0.4 is 14.9 Å². The van der Waals surface area contributed by atoms with Gasteiger partial charge < -0.3 is 14.6 Å². The number of carbonyl (C=O) groups excluding carboxylic acids is 1. The molecule has 1 amide bonds. The third kappa shape index (κ3) is 4.96. The summed E-state index contributed by atoms with van der Waals surface area (Å²) < 4.78 is 11.3. The molecule has 2 rings (SSSR count). The first-order chi connectivity index (χ1) is 11.9. The van der Waals surface area contributed by atoms with Crippen LogP contribution in [0.5, 0.6) is 17.2 Å². The third-order valence-corrected chi connectivity index (χ3v) is 4.05. The molecule has 0 heterocycles. The Morgan fingerprint density at radius 3 is 2.80 bits per heavy atom. The summed E-state index contributed by atoms with van der Waals surface area (Å²) in [5.74, 6) is 0.503. The van der Waals surface area contributed by atoms with Crippen LogP contribution in [0.2, 0.25) is 0 Å². The number of rotatable bonds is 6. The summed E-state index contributed by atoms with van der Waals surface area (Å²) in [6.07, 6.45) is 1.33. The van der Waals surface area contributed by atoms with Gasteiger partial charge in [0.1, 0.15) is 5.75 Å². The van der Waals surface area contributed by atoms with Crippen molar-refractivity contribution in [3.05, 3.63) is 51.5 Å². The van der Waals surface area contributed by atoms with Crippen LogP contribution in [-0.2, 0) is 4.79 Å². The van der Waals surface area contributed by atoms with Crippen molar-refractivity contribution >= 4 is 28.1 Å². The number of ether oxygens (including phenoxy) is 2. The van der Waals surface area contributed by atoms with Crippen molar-refractivity contribution in [3.8, 4) is 17.2 Å². The standard InChI is InChI=1S/C18H19BrN2O4/c1-11-5-4-6-15(12(11)2)25-10-17(22)21-20-9-13-7-14(19)8-16(24-3)18(13)23/h4-9,23H,10H2,1-3H3,(H,21,22)/b20-9-. The number of aromatic hydroxyl groups is 1. The zero-order valence-corrected chi connectivity index (χ0v) is 15.8. The highest BCUT2D eigenvalue weighted by molar-refractivity contribution is 9.10. The Kier molecular flexibility index (Phi) is 6.41. The maximum atomic E-state index is 11.8. The van der Waals surface area contributed by atoms with Crippen LogP contribution in [0.3, 0.4) is 0 Å². The van der Waals surface area contributed by atoms with Gasteiger partial charge >= 0.3 is 0 Å². The number of methoxy groups -OCH3 is 1. The molecule has 2 aromatic carbocycles. The van der Waals surface area contributed by atoms with Gasteiger partial charge in [0.25, 0.3) is 5.91 Å². The lowest BCUT2D eigenvalue weighted by Crippen LogP contribution is -2.24. The molecular weight excluding hydrogens is 388 g/mol. The number of phenols is 1. The molecule has 6 nitrogen and oxygen atoms in total. The average Bonchev–Trinajstić information content (AvgIpc) is 2.58. The van der Waals surface area contributed by atoms with Gasteiger partial charge in [0, 0.05) is 10.0 Å². The Bertz CT molecular complexity index is 806. The van der Waals surface area contributed by atoms with Gasteiger partial charge in [0.15, 0.2) is 18.1 Å². The maximum Gasteiger partial charge on any atom is 0.277 e. The molecule has 0 saturated heterocycles. The molecule has 0 radical (unpaired) electrons. The highest BCUT2D eigenvalue weighted by atomic mass is 79.9. The fraction of sp³-hybridized carbons (Fsp3) is 0.222. The monoisotopic (exact) mass is 406 g/mol.